The summed E-state index contributed by atoms with van der Waals surface area (Å²) in [4.78, 5) is 5.47. The van der Waals surface area contributed by atoms with Crippen LogP contribution in [-0.2, 0) is 0 Å². The third kappa shape index (κ3) is 2.76. The minimum absolute atomic E-state index is 0.103. The first-order chi connectivity index (χ1) is 9.60. The van der Waals surface area contributed by atoms with Gasteiger partial charge in [-0.25, -0.2) is 9.37 Å². The molecular formula is C14H18FN3OS. The molecule has 0 aliphatic carbocycles. The van der Waals surface area contributed by atoms with Gasteiger partial charge in [0.05, 0.1) is 17.7 Å². The average Bonchev–Trinajstić information content (AvgIpc) is 2.90. The molecule has 20 heavy (non-hydrogen) atoms. The van der Waals surface area contributed by atoms with Gasteiger partial charge >= 0.3 is 0 Å². The van der Waals surface area contributed by atoms with Crippen LogP contribution in [0.5, 0.6) is 5.75 Å². The number of methoxy groups -OCH3 is 1. The van der Waals surface area contributed by atoms with Gasteiger partial charge in [0.1, 0.15) is 11.6 Å². The lowest BCUT2D eigenvalue weighted by atomic mass is 10.1. The number of hydrogen-bond acceptors (Lipinski definition) is 5. The number of halogens is 1. The van der Waals surface area contributed by atoms with E-state index < -0.39 is 0 Å². The molecule has 0 saturated heterocycles. The summed E-state index contributed by atoms with van der Waals surface area (Å²) in [5.74, 6) is 0.167. The highest BCUT2D eigenvalue weighted by Crippen LogP contribution is 2.37. The Morgan fingerprint density at radius 2 is 2.10 bits per heavy atom. The highest BCUT2D eigenvalue weighted by molar-refractivity contribution is 7.16. The van der Waals surface area contributed by atoms with Crippen LogP contribution in [0.1, 0.15) is 17.8 Å². The molecular weight excluding hydrogens is 277 g/mol. The SMILES string of the molecule is CNc1nc(-c2ccc(OC)cc2F)c(C(C)NC)s1. The van der Waals surface area contributed by atoms with Gasteiger partial charge in [0.2, 0.25) is 0 Å². The van der Waals surface area contributed by atoms with Crippen molar-refractivity contribution in [1.82, 2.24) is 10.3 Å². The summed E-state index contributed by atoms with van der Waals surface area (Å²) in [6, 6.07) is 4.92. The third-order valence-electron chi connectivity index (χ3n) is 3.12. The molecule has 2 aromatic rings. The van der Waals surface area contributed by atoms with Crippen molar-refractivity contribution in [3.63, 3.8) is 0 Å². The molecule has 1 atom stereocenters. The fourth-order valence-electron chi connectivity index (χ4n) is 1.87. The van der Waals surface area contributed by atoms with E-state index in [9.17, 15) is 4.39 Å². The predicted molar refractivity (Wildman–Crippen MR) is 81.1 cm³/mol. The largest absolute Gasteiger partial charge is 0.497 e. The molecule has 0 aliphatic heterocycles. The van der Waals surface area contributed by atoms with Crippen molar-refractivity contribution in [2.24, 2.45) is 0 Å². The number of ether oxygens (including phenoxy) is 1. The van der Waals surface area contributed by atoms with E-state index in [0.717, 1.165) is 10.0 Å². The van der Waals surface area contributed by atoms with Crippen LogP contribution in [0.4, 0.5) is 9.52 Å². The van der Waals surface area contributed by atoms with Crippen LogP contribution in [0.15, 0.2) is 18.2 Å². The number of benzene rings is 1. The maximum absolute atomic E-state index is 14.2. The van der Waals surface area contributed by atoms with Crippen molar-refractivity contribution < 1.29 is 9.13 Å². The van der Waals surface area contributed by atoms with E-state index in [1.165, 1.54) is 24.5 Å². The van der Waals surface area contributed by atoms with Crippen LogP contribution in [0.25, 0.3) is 11.3 Å². The summed E-state index contributed by atoms with van der Waals surface area (Å²) in [6.07, 6.45) is 0. The molecule has 0 fully saturated rings. The lowest BCUT2D eigenvalue weighted by Crippen LogP contribution is -2.11. The number of nitrogens with one attached hydrogen (secondary N) is 2. The van der Waals surface area contributed by atoms with Crippen LogP contribution in [0.2, 0.25) is 0 Å². The molecule has 2 rings (SSSR count). The van der Waals surface area contributed by atoms with Gasteiger partial charge in [-0.3, -0.25) is 0 Å². The van der Waals surface area contributed by atoms with Gasteiger partial charge in [-0.2, -0.15) is 0 Å². The summed E-state index contributed by atoms with van der Waals surface area (Å²) < 4.78 is 19.3. The Kier molecular flexibility index (Phi) is 4.57. The zero-order chi connectivity index (χ0) is 14.7. The van der Waals surface area contributed by atoms with Crippen molar-refractivity contribution in [2.45, 2.75) is 13.0 Å². The van der Waals surface area contributed by atoms with Crippen molar-refractivity contribution in [3.05, 3.63) is 28.9 Å². The fourth-order valence-corrected chi connectivity index (χ4v) is 2.87. The molecule has 1 aromatic carbocycles. The van der Waals surface area contributed by atoms with Crippen molar-refractivity contribution in [2.75, 3.05) is 26.5 Å². The molecule has 0 radical (unpaired) electrons. The number of thiazole rings is 1. The predicted octanol–water partition coefficient (Wildman–Crippen LogP) is 3.28. The average molecular weight is 295 g/mol. The van der Waals surface area contributed by atoms with E-state index >= 15 is 0 Å². The minimum Gasteiger partial charge on any atom is -0.497 e. The molecule has 0 saturated carbocycles. The lowest BCUT2D eigenvalue weighted by Gasteiger charge is -2.10. The Morgan fingerprint density at radius 1 is 1.35 bits per heavy atom. The summed E-state index contributed by atoms with van der Waals surface area (Å²) in [5, 5.41) is 6.95. The Bertz CT molecular complexity index is 600. The molecule has 108 valence electrons. The molecule has 1 aromatic heterocycles. The van der Waals surface area contributed by atoms with Gasteiger partial charge in [-0.15, -0.1) is 0 Å². The molecule has 6 heteroatoms. The molecule has 0 spiro atoms. The number of anilines is 1. The second-order valence-corrected chi connectivity index (χ2v) is 5.37. The zero-order valence-electron chi connectivity index (χ0n) is 12.0. The smallest absolute Gasteiger partial charge is 0.183 e. The first-order valence-corrected chi connectivity index (χ1v) is 7.12. The minimum atomic E-state index is -0.332. The van der Waals surface area contributed by atoms with E-state index in [2.05, 4.69) is 15.6 Å². The summed E-state index contributed by atoms with van der Waals surface area (Å²) >= 11 is 1.52. The number of aromatic nitrogens is 1. The Balaban J connectivity index is 2.53. The van der Waals surface area contributed by atoms with Crippen LogP contribution in [-0.4, -0.2) is 26.2 Å². The Labute approximate surface area is 122 Å². The van der Waals surface area contributed by atoms with E-state index in [1.807, 2.05) is 14.0 Å². The maximum Gasteiger partial charge on any atom is 0.183 e. The standard InChI is InChI=1S/C14H18FN3OS/c1-8(16-2)13-12(18-14(17-3)20-13)10-6-5-9(19-4)7-11(10)15/h5-8,16H,1-4H3,(H,17,18). The van der Waals surface area contributed by atoms with E-state index in [-0.39, 0.29) is 11.9 Å². The van der Waals surface area contributed by atoms with E-state index in [4.69, 9.17) is 4.74 Å². The molecule has 1 unspecified atom stereocenters. The van der Waals surface area contributed by atoms with Crippen molar-refractivity contribution in [1.29, 1.82) is 0 Å². The highest BCUT2D eigenvalue weighted by Gasteiger charge is 2.19. The van der Waals surface area contributed by atoms with Crippen LogP contribution in [0.3, 0.4) is 0 Å². The number of nitrogens with zero attached hydrogens (tertiary/aromatic N) is 1. The zero-order valence-corrected chi connectivity index (χ0v) is 12.8. The normalized spacial score (nSPS) is 12.2. The monoisotopic (exact) mass is 295 g/mol. The van der Waals surface area contributed by atoms with Crippen LogP contribution in [0, 0.1) is 5.82 Å². The second-order valence-electron chi connectivity index (χ2n) is 4.34. The quantitative estimate of drug-likeness (QED) is 0.888. The summed E-state index contributed by atoms with van der Waals surface area (Å²) in [6.45, 7) is 2.03. The van der Waals surface area contributed by atoms with Gasteiger partial charge in [-0.1, -0.05) is 11.3 Å². The molecule has 0 amide bonds. The van der Waals surface area contributed by atoms with Gasteiger partial charge in [0.25, 0.3) is 0 Å². The molecule has 4 nitrogen and oxygen atoms in total. The van der Waals surface area contributed by atoms with Gasteiger partial charge < -0.3 is 15.4 Å². The third-order valence-corrected chi connectivity index (χ3v) is 4.38. The van der Waals surface area contributed by atoms with Crippen LogP contribution >= 0.6 is 11.3 Å². The first-order valence-electron chi connectivity index (χ1n) is 6.30. The Morgan fingerprint density at radius 3 is 2.65 bits per heavy atom. The summed E-state index contributed by atoms with van der Waals surface area (Å²) in [7, 11) is 5.20. The van der Waals surface area contributed by atoms with Crippen LogP contribution < -0.4 is 15.4 Å². The number of rotatable bonds is 5. The molecule has 0 bridgehead atoms. The fraction of sp³-hybridized carbons (Fsp3) is 0.357. The molecule has 0 aliphatic rings. The van der Waals surface area contributed by atoms with E-state index in [1.54, 1.807) is 19.2 Å². The van der Waals surface area contributed by atoms with Crippen molar-refractivity contribution in [3.8, 4) is 17.0 Å². The Hall–Kier alpha value is -1.66. The lowest BCUT2D eigenvalue weighted by molar-refractivity contribution is 0.411. The second kappa shape index (κ2) is 6.19. The molecule has 1 heterocycles. The maximum atomic E-state index is 14.2. The number of hydrogen-bond donors (Lipinski definition) is 2. The first kappa shape index (κ1) is 14.7. The van der Waals surface area contributed by atoms with E-state index in [0.29, 0.717) is 17.0 Å². The molecule has 2 N–H and O–H groups in total. The van der Waals surface area contributed by atoms with Crippen molar-refractivity contribution >= 4 is 16.5 Å². The highest BCUT2D eigenvalue weighted by atomic mass is 32.1. The summed E-state index contributed by atoms with van der Waals surface area (Å²) in [5.41, 5.74) is 1.15. The van der Waals surface area contributed by atoms with Gasteiger partial charge in [-0.05, 0) is 26.1 Å². The topological polar surface area (TPSA) is 46.2 Å². The van der Waals surface area contributed by atoms with Gasteiger partial charge in [0, 0.05) is 24.7 Å². The van der Waals surface area contributed by atoms with Gasteiger partial charge in [0.15, 0.2) is 5.13 Å².